The Hall–Kier alpha value is -2.48. The minimum Gasteiger partial charge on any atom is -0.474 e. The fourth-order valence-corrected chi connectivity index (χ4v) is 5.04. The molecule has 1 N–H and O–H groups in total. The van der Waals surface area contributed by atoms with Crippen LogP contribution in [0.1, 0.15) is 55.7 Å². The van der Waals surface area contributed by atoms with Gasteiger partial charge in [-0.1, -0.05) is 17.7 Å². The molecule has 1 aromatic carbocycles. The van der Waals surface area contributed by atoms with Gasteiger partial charge in [0, 0.05) is 36.0 Å². The van der Waals surface area contributed by atoms with Crippen molar-refractivity contribution in [1.82, 2.24) is 19.7 Å². The quantitative estimate of drug-likeness (QED) is 0.580. The van der Waals surface area contributed by atoms with E-state index in [9.17, 15) is 5.11 Å². The van der Waals surface area contributed by atoms with Crippen LogP contribution in [0.25, 0.3) is 5.69 Å². The highest BCUT2D eigenvalue weighted by Gasteiger charge is 2.32. The molecule has 0 spiro atoms. The zero-order chi connectivity index (χ0) is 22.1. The summed E-state index contributed by atoms with van der Waals surface area (Å²) in [5.74, 6) is 2.83. The van der Waals surface area contributed by atoms with Crippen molar-refractivity contribution in [3.05, 3.63) is 64.8 Å². The Morgan fingerprint density at radius 2 is 1.91 bits per heavy atom. The number of aliphatic hydroxyl groups excluding tert-OH is 1. The minimum absolute atomic E-state index is 0.169. The van der Waals surface area contributed by atoms with E-state index in [1.165, 1.54) is 0 Å². The zero-order valence-corrected chi connectivity index (χ0v) is 18.8. The highest BCUT2D eigenvalue weighted by atomic mass is 35.5. The van der Waals surface area contributed by atoms with E-state index in [4.69, 9.17) is 21.1 Å². The van der Waals surface area contributed by atoms with Gasteiger partial charge in [-0.05, 0) is 62.4 Å². The van der Waals surface area contributed by atoms with Crippen LogP contribution < -0.4 is 4.74 Å². The van der Waals surface area contributed by atoms with E-state index < -0.39 is 6.29 Å². The highest BCUT2D eigenvalue weighted by molar-refractivity contribution is 6.30. The molecule has 1 saturated carbocycles. The van der Waals surface area contributed by atoms with Gasteiger partial charge in [-0.25, -0.2) is 4.98 Å². The van der Waals surface area contributed by atoms with Gasteiger partial charge >= 0.3 is 0 Å². The summed E-state index contributed by atoms with van der Waals surface area (Å²) in [6.45, 7) is 1.63. The summed E-state index contributed by atoms with van der Waals surface area (Å²) < 4.78 is 14.0. The lowest BCUT2D eigenvalue weighted by Crippen LogP contribution is -2.25. The first-order valence-corrected chi connectivity index (χ1v) is 11.6. The van der Waals surface area contributed by atoms with E-state index in [1.807, 2.05) is 36.4 Å². The smallest absolute Gasteiger partial charge is 0.213 e. The summed E-state index contributed by atoms with van der Waals surface area (Å²) in [6.07, 6.45) is 6.00. The van der Waals surface area contributed by atoms with Crippen molar-refractivity contribution in [2.45, 2.75) is 69.9 Å². The first-order valence-electron chi connectivity index (χ1n) is 11.2. The van der Waals surface area contributed by atoms with Crippen molar-refractivity contribution < 1.29 is 14.6 Å². The van der Waals surface area contributed by atoms with Crippen LogP contribution in [0.5, 0.6) is 5.88 Å². The number of hydrogen-bond acceptors (Lipinski definition) is 6. The molecular weight excluding hydrogens is 428 g/mol. The first kappa shape index (κ1) is 21.4. The van der Waals surface area contributed by atoms with Crippen LogP contribution in [0.4, 0.5) is 0 Å². The average molecular weight is 455 g/mol. The third-order valence-corrected chi connectivity index (χ3v) is 6.48. The van der Waals surface area contributed by atoms with Crippen LogP contribution in [-0.4, -0.2) is 43.4 Å². The molecule has 1 aliphatic carbocycles. The predicted octanol–water partition coefficient (Wildman–Crippen LogP) is 4.24. The zero-order valence-electron chi connectivity index (χ0n) is 18.0. The van der Waals surface area contributed by atoms with Crippen LogP contribution in [0.3, 0.4) is 0 Å². The molecule has 7 nitrogen and oxygen atoms in total. The van der Waals surface area contributed by atoms with Crippen molar-refractivity contribution in [2.75, 3.05) is 0 Å². The third-order valence-electron chi connectivity index (χ3n) is 6.25. The van der Waals surface area contributed by atoms with Crippen molar-refractivity contribution in [2.24, 2.45) is 0 Å². The lowest BCUT2D eigenvalue weighted by molar-refractivity contribution is -0.122. The molecule has 8 heteroatoms. The number of ether oxygens (including phenoxy) is 2. The van der Waals surface area contributed by atoms with Gasteiger partial charge in [0.25, 0.3) is 0 Å². The second-order valence-electron chi connectivity index (χ2n) is 8.61. The summed E-state index contributed by atoms with van der Waals surface area (Å²) in [5, 5.41) is 19.6. The van der Waals surface area contributed by atoms with E-state index in [2.05, 4.69) is 19.7 Å². The maximum absolute atomic E-state index is 9.78. The Balaban J connectivity index is 1.39. The molecule has 5 rings (SSSR count). The minimum atomic E-state index is -0.842. The lowest BCUT2D eigenvalue weighted by Gasteiger charge is -2.28. The number of nitrogens with zero attached hydrogens (tertiary/aromatic N) is 4. The maximum atomic E-state index is 9.78. The van der Waals surface area contributed by atoms with Crippen LogP contribution in [0.15, 0.2) is 42.6 Å². The summed E-state index contributed by atoms with van der Waals surface area (Å²) in [5.41, 5.74) is 2.13. The maximum Gasteiger partial charge on any atom is 0.213 e. The molecule has 32 heavy (non-hydrogen) atoms. The standard InChI is InChI=1S/C24H27ClN4O3/c1-15(30)31-20-13-17-12-18(25)7-10-21(17)29-22(14-20)27-28-24(29)16-5-8-19(9-6-16)32-23-4-2-3-11-26-23/h2-4,7,10-12,15-16,19-20,30H,5-6,8-9,13-14H2,1H3. The molecule has 0 bridgehead atoms. The van der Waals surface area contributed by atoms with Gasteiger partial charge < -0.3 is 14.6 Å². The molecular formula is C24H27ClN4O3. The van der Waals surface area contributed by atoms with Gasteiger partial charge in [-0.15, -0.1) is 10.2 Å². The molecule has 2 atom stereocenters. The van der Waals surface area contributed by atoms with E-state index >= 15 is 0 Å². The Morgan fingerprint density at radius 3 is 2.66 bits per heavy atom. The number of benzene rings is 1. The van der Waals surface area contributed by atoms with Crippen molar-refractivity contribution in [3.63, 3.8) is 0 Å². The van der Waals surface area contributed by atoms with Crippen LogP contribution in [-0.2, 0) is 17.6 Å². The molecule has 0 saturated heterocycles. The number of halogens is 1. The predicted molar refractivity (Wildman–Crippen MR) is 120 cm³/mol. The summed E-state index contributed by atoms with van der Waals surface area (Å²) >= 11 is 6.31. The molecule has 1 aliphatic heterocycles. The van der Waals surface area contributed by atoms with Gasteiger partial charge in [0.05, 0.1) is 11.8 Å². The van der Waals surface area contributed by atoms with Crippen molar-refractivity contribution >= 4 is 11.6 Å². The Labute approximate surface area is 192 Å². The first-order chi connectivity index (χ1) is 15.6. The Kier molecular flexibility index (Phi) is 6.13. The fraction of sp³-hybridized carbons (Fsp3) is 0.458. The third kappa shape index (κ3) is 4.51. The molecule has 0 amide bonds. The van der Waals surface area contributed by atoms with Gasteiger partial charge in [0.15, 0.2) is 6.29 Å². The van der Waals surface area contributed by atoms with Gasteiger partial charge in [0.1, 0.15) is 17.8 Å². The topological polar surface area (TPSA) is 82.3 Å². The van der Waals surface area contributed by atoms with Crippen LogP contribution in [0, 0.1) is 0 Å². The molecule has 2 aliphatic rings. The molecule has 1 fully saturated rings. The van der Waals surface area contributed by atoms with Crippen LogP contribution in [0.2, 0.25) is 5.02 Å². The fourth-order valence-electron chi connectivity index (χ4n) is 4.85. The Morgan fingerprint density at radius 1 is 1.06 bits per heavy atom. The normalized spacial score (nSPS) is 23.7. The Bertz CT molecular complexity index is 1060. The number of aliphatic hydroxyl groups is 1. The van der Waals surface area contributed by atoms with Gasteiger partial charge in [-0.3, -0.25) is 4.57 Å². The molecule has 3 heterocycles. The van der Waals surface area contributed by atoms with E-state index in [0.717, 1.165) is 48.6 Å². The summed E-state index contributed by atoms with van der Waals surface area (Å²) in [4.78, 5) is 4.28. The number of pyridine rings is 1. The molecule has 2 aromatic heterocycles. The number of hydrogen-bond donors (Lipinski definition) is 1. The van der Waals surface area contributed by atoms with E-state index in [0.29, 0.717) is 29.7 Å². The van der Waals surface area contributed by atoms with Crippen molar-refractivity contribution in [3.8, 4) is 11.6 Å². The number of aromatic nitrogens is 4. The monoisotopic (exact) mass is 454 g/mol. The lowest BCUT2D eigenvalue weighted by atomic mass is 9.86. The summed E-state index contributed by atoms with van der Waals surface area (Å²) in [6, 6.07) is 11.7. The average Bonchev–Trinajstić information content (AvgIpc) is 3.11. The number of rotatable bonds is 5. The second kappa shape index (κ2) is 9.17. The molecule has 3 aromatic rings. The summed E-state index contributed by atoms with van der Waals surface area (Å²) in [7, 11) is 0. The van der Waals surface area contributed by atoms with E-state index in [1.54, 1.807) is 13.1 Å². The van der Waals surface area contributed by atoms with Crippen LogP contribution >= 0.6 is 11.6 Å². The van der Waals surface area contributed by atoms with Gasteiger partial charge in [-0.2, -0.15) is 0 Å². The molecule has 168 valence electrons. The highest BCUT2D eigenvalue weighted by Crippen LogP contribution is 2.37. The second-order valence-corrected chi connectivity index (χ2v) is 9.04. The number of fused-ring (bicyclic) bond motifs is 3. The van der Waals surface area contributed by atoms with E-state index in [-0.39, 0.29) is 12.2 Å². The molecule has 0 radical (unpaired) electrons. The van der Waals surface area contributed by atoms with Crippen molar-refractivity contribution in [1.29, 1.82) is 0 Å². The largest absolute Gasteiger partial charge is 0.474 e. The molecule has 2 unspecified atom stereocenters. The van der Waals surface area contributed by atoms with Gasteiger partial charge in [0.2, 0.25) is 5.88 Å². The SMILES string of the molecule is CC(O)OC1Cc2cc(Cl)ccc2-n2c(nnc2C2CCC(Oc3ccccn3)CC2)C1.